The summed E-state index contributed by atoms with van der Waals surface area (Å²) in [6, 6.07) is 23.6. The average Bonchev–Trinajstić information content (AvgIpc) is 3.31. The number of benzene rings is 3. The molecule has 8 heteroatoms. The predicted octanol–water partition coefficient (Wildman–Crippen LogP) is 5.19. The second-order valence-electron chi connectivity index (χ2n) is 7.86. The third-order valence-electron chi connectivity index (χ3n) is 5.43. The van der Waals surface area contributed by atoms with Crippen LogP contribution in [-0.2, 0) is 11.2 Å². The van der Waals surface area contributed by atoms with Crippen LogP contribution in [0.1, 0.15) is 16.7 Å². The molecule has 1 heterocycles. The number of amides is 3. The van der Waals surface area contributed by atoms with Gasteiger partial charge in [0.25, 0.3) is 0 Å². The first-order chi connectivity index (χ1) is 16.5. The van der Waals surface area contributed by atoms with Gasteiger partial charge in [0.05, 0.1) is 0 Å². The number of anilines is 2. The van der Waals surface area contributed by atoms with Crippen molar-refractivity contribution in [1.82, 2.24) is 15.5 Å². The zero-order valence-corrected chi connectivity index (χ0v) is 19.7. The zero-order chi connectivity index (χ0) is 23.9. The van der Waals surface area contributed by atoms with Crippen molar-refractivity contribution in [2.75, 3.05) is 10.6 Å². The van der Waals surface area contributed by atoms with E-state index in [1.807, 2.05) is 92.7 Å². The molecule has 3 N–H and O–H groups in total. The van der Waals surface area contributed by atoms with Crippen LogP contribution in [-0.4, -0.2) is 28.2 Å². The quantitative estimate of drug-likeness (QED) is 0.345. The lowest BCUT2D eigenvalue weighted by molar-refractivity contribution is -0.117. The van der Waals surface area contributed by atoms with Gasteiger partial charge in [-0.15, -0.1) is 10.2 Å². The second-order valence-corrected chi connectivity index (χ2v) is 8.83. The highest BCUT2D eigenvalue weighted by Crippen LogP contribution is 2.26. The lowest BCUT2D eigenvalue weighted by Gasteiger charge is -2.19. The van der Waals surface area contributed by atoms with Crippen LogP contribution in [0.5, 0.6) is 0 Å². The monoisotopic (exact) mass is 471 g/mol. The molecule has 0 aliphatic carbocycles. The summed E-state index contributed by atoms with van der Waals surface area (Å²) in [7, 11) is 0. The molecule has 172 valence electrons. The normalized spacial score (nSPS) is 11.5. The van der Waals surface area contributed by atoms with Gasteiger partial charge in [0.15, 0.2) is 0 Å². The van der Waals surface area contributed by atoms with Crippen molar-refractivity contribution in [1.29, 1.82) is 0 Å². The molecule has 1 unspecified atom stereocenters. The molecule has 1 aromatic heterocycles. The van der Waals surface area contributed by atoms with Gasteiger partial charge in [0.1, 0.15) is 11.0 Å². The van der Waals surface area contributed by atoms with E-state index in [1.165, 1.54) is 11.3 Å². The number of rotatable bonds is 7. The molecule has 0 aliphatic rings. The number of hydrogen-bond donors (Lipinski definition) is 3. The van der Waals surface area contributed by atoms with E-state index in [0.717, 1.165) is 22.3 Å². The van der Waals surface area contributed by atoms with Crippen molar-refractivity contribution >= 4 is 34.1 Å². The van der Waals surface area contributed by atoms with Gasteiger partial charge in [-0.25, -0.2) is 4.79 Å². The highest BCUT2D eigenvalue weighted by atomic mass is 32.1. The Morgan fingerprint density at radius 2 is 1.56 bits per heavy atom. The minimum atomic E-state index is -0.809. The molecule has 0 fully saturated rings. The highest BCUT2D eigenvalue weighted by Gasteiger charge is 2.23. The molecule has 3 aromatic carbocycles. The average molecular weight is 472 g/mol. The molecule has 0 saturated carbocycles. The van der Waals surface area contributed by atoms with Crippen LogP contribution in [0.2, 0.25) is 0 Å². The number of aromatic nitrogens is 2. The molecular formula is C26H25N5O2S. The molecule has 0 aliphatic heterocycles. The van der Waals surface area contributed by atoms with Gasteiger partial charge in [-0.1, -0.05) is 84.1 Å². The van der Waals surface area contributed by atoms with Crippen molar-refractivity contribution in [2.45, 2.75) is 26.3 Å². The molecule has 0 spiro atoms. The summed E-state index contributed by atoms with van der Waals surface area (Å²) in [5, 5.41) is 17.8. The van der Waals surface area contributed by atoms with Crippen molar-refractivity contribution < 1.29 is 9.59 Å². The molecule has 4 aromatic rings. The van der Waals surface area contributed by atoms with E-state index in [1.54, 1.807) is 0 Å². The van der Waals surface area contributed by atoms with Crippen LogP contribution in [0.25, 0.3) is 10.6 Å². The highest BCUT2D eigenvalue weighted by molar-refractivity contribution is 7.18. The van der Waals surface area contributed by atoms with E-state index in [4.69, 9.17) is 0 Å². The zero-order valence-electron chi connectivity index (χ0n) is 18.9. The summed E-state index contributed by atoms with van der Waals surface area (Å²) >= 11 is 1.28. The Kier molecular flexibility index (Phi) is 7.29. The summed E-state index contributed by atoms with van der Waals surface area (Å²) in [5.74, 6) is -0.365. The second kappa shape index (κ2) is 10.7. The summed E-state index contributed by atoms with van der Waals surface area (Å²) in [4.78, 5) is 26.0. The first kappa shape index (κ1) is 23.1. The van der Waals surface area contributed by atoms with Gasteiger partial charge in [-0.05, 0) is 36.6 Å². The Labute approximate surface area is 202 Å². The fourth-order valence-electron chi connectivity index (χ4n) is 3.43. The van der Waals surface area contributed by atoms with Crippen LogP contribution < -0.4 is 16.0 Å². The van der Waals surface area contributed by atoms with Crippen molar-refractivity contribution in [2.24, 2.45) is 0 Å². The first-order valence-electron chi connectivity index (χ1n) is 10.9. The van der Waals surface area contributed by atoms with E-state index in [0.29, 0.717) is 22.2 Å². The number of nitrogens with one attached hydrogen (secondary N) is 3. The van der Waals surface area contributed by atoms with E-state index in [2.05, 4.69) is 26.1 Å². The maximum Gasteiger partial charge on any atom is 0.319 e. The van der Waals surface area contributed by atoms with E-state index < -0.39 is 12.1 Å². The number of aryl methyl sites for hydroxylation is 1. The van der Waals surface area contributed by atoms with Gasteiger partial charge in [-0.3, -0.25) is 10.1 Å². The molecule has 1 atom stereocenters. The Balaban J connectivity index is 1.49. The summed E-state index contributed by atoms with van der Waals surface area (Å²) < 4.78 is 0. The van der Waals surface area contributed by atoms with E-state index >= 15 is 0 Å². The maximum absolute atomic E-state index is 13.2. The minimum Gasteiger partial charge on any atom is -0.326 e. The van der Waals surface area contributed by atoms with Gasteiger partial charge in [0.2, 0.25) is 11.0 Å². The van der Waals surface area contributed by atoms with Crippen LogP contribution >= 0.6 is 11.3 Å². The SMILES string of the molecule is Cc1cccc(NC(=O)NC(Cc2ccccc2)C(=O)Nc2nnc(-c3ccccc3)s2)c1C. The first-order valence-corrected chi connectivity index (χ1v) is 11.7. The Morgan fingerprint density at radius 3 is 2.29 bits per heavy atom. The lowest BCUT2D eigenvalue weighted by Crippen LogP contribution is -2.47. The molecule has 7 nitrogen and oxygen atoms in total. The number of urea groups is 1. The summed E-state index contributed by atoms with van der Waals surface area (Å²) in [6.45, 7) is 3.93. The van der Waals surface area contributed by atoms with Gasteiger partial charge >= 0.3 is 6.03 Å². The molecule has 4 rings (SSSR count). The standard InChI is InChI=1S/C26H25N5O2S/c1-17-10-9-15-21(18(17)2)27-25(33)28-22(16-19-11-5-3-6-12-19)23(32)29-26-31-30-24(34-26)20-13-7-4-8-14-20/h3-15,22H,16H2,1-2H3,(H2,27,28,33)(H,29,31,32). The largest absolute Gasteiger partial charge is 0.326 e. The fourth-order valence-corrected chi connectivity index (χ4v) is 4.18. The third-order valence-corrected chi connectivity index (χ3v) is 6.32. The summed E-state index contributed by atoms with van der Waals surface area (Å²) in [5.41, 5.74) is 4.60. The molecule has 0 saturated heterocycles. The number of carbonyl (C=O) groups is 2. The van der Waals surface area contributed by atoms with Crippen LogP contribution in [0, 0.1) is 13.8 Å². The van der Waals surface area contributed by atoms with Crippen molar-refractivity contribution in [3.05, 3.63) is 95.6 Å². The van der Waals surface area contributed by atoms with E-state index in [9.17, 15) is 9.59 Å². The van der Waals surface area contributed by atoms with Gasteiger partial charge in [0, 0.05) is 17.7 Å². The minimum absolute atomic E-state index is 0.331. The molecule has 0 radical (unpaired) electrons. The van der Waals surface area contributed by atoms with Crippen molar-refractivity contribution in [3.63, 3.8) is 0 Å². The van der Waals surface area contributed by atoms with Crippen LogP contribution in [0.3, 0.4) is 0 Å². The van der Waals surface area contributed by atoms with E-state index in [-0.39, 0.29) is 5.91 Å². The Hall–Kier alpha value is -4.04. The number of carbonyl (C=O) groups excluding carboxylic acids is 2. The van der Waals surface area contributed by atoms with Crippen LogP contribution in [0.15, 0.2) is 78.9 Å². The Bertz CT molecular complexity index is 1270. The third kappa shape index (κ3) is 5.85. The number of hydrogen-bond acceptors (Lipinski definition) is 5. The number of nitrogens with zero attached hydrogens (tertiary/aromatic N) is 2. The predicted molar refractivity (Wildman–Crippen MR) is 136 cm³/mol. The molecular weight excluding hydrogens is 446 g/mol. The lowest BCUT2D eigenvalue weighted by atomic mass is 10.1. The molecule has 34 heavy (non-hydrogen) atoms. The smallest absolute Gasteiger partial charge is 0.319 e. The maximum atomic E-state index is 13.2. The van der Waals surface area contributed by atoms with Crippen LogP contribution in [0.4, 0.5) is 15.6 Å². The fraction of sp³-hybridized carbons (Fsp3) is 0.154. The Morgan fingerprint density at radius 1 is 0.853 bits per heavy atom. The van der Waals surface area contributed by atoms with Crippen molar-refractivity contribution in [3.8, 4) is 10.6 Å². The molecule has 3 amide bonds. The van der Waals surface area contributed by atoms with Gasteiger partial charge < -0.3 is 10.6 Å². The summed E-state index contributed by atoms with van der Waals surface area (Å²) in [6.07, 6.45) is 0.331. The molecule has 0 bridgehead atoms. The topological polar surface area (TPSA) is 96.0 Å². The van der Waals surface area contributed by atoms with Gasteiger partial charge in [-0.2, -0.15) is 0 Å².